The van der Waals surface area contributed by atoms with E-state index in [1.54, 1.807) is 13.8 Å². The van der Waals surface area contributed by atoms with Crippen LogP contribution in [0.4, 0.5) is 23.7 Å². The number of amides is 2. The van der Waals surface area contributed by atoms with Crippen LogP contribution in [-0.2, 0) is 10.3 Å². The van der Waals surface area contributed by atoms with Gasteiger partial charge in [-0.1, -0.05) is 18.5 Å². The molecule has 138 valence electrons. The number of benzene rings is 1. The highest BCUT2D eigenvalue weighted by molar-refractivity contribution is 6.30. The largest absolute Gasteiger partial charge is 0.400 e. The topological polar surface area (TPSA) is 32.8 Å². The molecule has 0 radical (unpaired) electrons. The standard InChI is InChI=1S/C17H20ClF3N2O2/c1-4-22-10-16(17(19,20)21,15(2)7-8-15)12-9-11(18)5-6-13(12)23(25-3)14(22)24/h5-6,9H,4,7-8,10H2,1-3H3/t16-/m0/s1. The van der Waals surface area contributed by atoms with E-state index < -0.39 is 29.6 Å². The highest BCUT2D eigenvalue weighted by Gasteiger charge is 2.71. The van der Waals surface area contributed by atoms with Crippen LogP contribution in [0.25, 0.3) is 0 Å². The second-order valence-electron chi connectivity index (χ2n) is 6.90. The van der Waals surface area contributed by atoms with E-state index in [0.717, 1.165) is 5.06 Å². The van der Waals surface area contributed by atoms with Crippen molar-refractivity contribution >= 4 is 23.3 Å². The second kappa shape index (κ2) is 5.77. The van der Waals surface area contributed by atoms with Crippen molar-refractivity contribution in [2.45, 2.75) is 38.3 Å². The molecule has 0 N–H and O–H groups in total. The summed E-state index contributed by atoms with van der Waals surface area (Å²) in [5, 5.41) is 1.12. The summed E-state index contributed by atoms with van der Waals surface area (Å²) in [7, 11) is 1.27. The molecule has 1 aromatic rings. The van der Waals surface area contributed by atoms with Crippen molar-refractivity contribution in [1.82, 2.24) is 4.90 Å². The number of rotatable bonds is 3. The van der Waals surface area contributed by atoms with Crippen LogP contribution in [0.15, 0.2) is 18.2 Å². The Balaban J connectivity index is 2.37. The van der Waals surface area contributed by atoms with Gasteiger partial charge in [0.15, 0.2) is 0 Å². The summed E-state index contributed by atoms with van der Waals surface area (Å²) >= 11 is 6.05. The molecule has 0 aromatic heterocycles. The molecule has 25 heavy (non-hydrogen) atoms. The first-order valence-electron chi connectivity index (χ1n) is 8.11. The van der Waals surface area contributed by atoms with Gasteiger partial charge < -0.3 is 4.90 Å². The fourth-order valence-corrected chi connectivity index (χ4v) is 4.01. The lowest BCUT2D eigenvalue weighted by molar-refractivity contribution is -0.212. The minimum absolute atomic E-state index is 0.00125. The normalized spacial score (nSPS) is 25.6. The van der Waals surface area contributed by atoms with E-state index in [9.17, 15) is 18.0 Å². The average molecular weight is 377 g/mol. The average Bonchev–Trinajstić information content (AvgIpc) is 3.28. The molecule has 0 bridgehead atoms. The number of likely N-dealkylation sites (N-methyl/N-ethyl adjacent to an activating group) is 1. The van der Waals surface area contributed by atoms with Gasteiger partial charge in [0.05, 0.1) is 12.8 Å². The highest BCUT2D eigenvalue weighted by Crippen LogP contribution is 2.67. The van der Waals surface area contributed by atoms with E-state index in [4.69, 9.17) is 16.4 Å². The molecular formula is C17H20ClF3N2O2. The van der Waals surface area contributed by atoms with Crippen LogP contribution in [0.5, 0.6) is 0 Å². The van der Waals surface area contributed by atoms with Crippen LogP contribution in [-0.4, -0.2) is 37.3 Å². The zero-order valence-electron chi connectivity index (χ0n) is 14.3. The Kier molecular flexibility index (Phi) is 4.23. The van der Waals surface area contributed by atoms with E-state index in [0.29, 0.717) is 12.8 Å². The Morgan fingerprint density at radius 1 is 1.32 bits per heavy atom. The van der Waals surface area contributed by atoms with Crippen molar-refractivity contribution < 1.29 is 22.8 Å². The molecule has 1 atom stereocenters. The van der Waals surface area contributed by atoms with Gasteiger partial charge in [0.2, 0.25) is 0 Å². The fourth-order valence-electron chi connectivity index (χ4n) is 3.84. The van der Waals surface area contributed by atoms with Gasteiger partial charge in [0, 0.05) is 18.1 Å². The van der Waals surface area contributed by atoms with E-state index in [2.05, 4.69) is 0 Å². The van der Waals surface area contributed by atoms with Crippen molar-refractivity contribution in [3.05, 3.63) is 28.8 Å². The first-order chi connectivity index (χ1) is 11.6. The maximum atomic E-state index is 14.6. The SMILES string of the molecule is CCN1C[C@@](C(F)(F)F)(C2(C)CC2)c2cc(Cl)ccc2N(OC)C1=O. The number of nitrogens with zero attached hydrogens (tertiary/aromatic N) is 2. The van der Waals surface area contributed by atoms with Crippen molar-refractivity contribution in [3.63, 3.8) is 0 Å². The molecule has 1 saturated carbocycles. The number of fused-ring (bicyclic) bond motifs is 1. The summed E-state index contributed by atoms with van der Waals surface area (Å²) in [6.45, 7) is 2.99. The molecule has 1 aliphatic heterocycles. The predicted octanol–water partition coefficient (Wildman–Crippen LogP) is 4.76. The van der Waals surface area contributed by atoms with E-state index >= 15 is 0 Å². The summed E-state index contributed by atoms with van der Waals surface area (Å²) < 4.78 is 43.7. The highest BCUT2D eigenvalue weighted by atomic mass is 35.5. The molecular weight excluding hydrogens is 357 g/mol. The molecule has 1 aliphatic carbocycles. The Bertz CT molecular complexity index is 698. The number of carbonyl (C=O) groups is 1. The van der Waals surface area contributed by atoms with Gasteiger partial charge in [-0.25, -0.2) is 4.79 Å². The molecule has 1 heterocycles. The van der Waals surface area contributed by atoms with Crippen molar-refractivity contribution in [1.29, 1.82) is 0 Å². The molecule has 3 rings (SSSR count). The smallest absolute Gasteiger partial charge is 0.322 e. The van der Waals surface area contributed by atoms with Crippen LogP contribution in [0.2, 0.25) is 5.02 Å². The van der Waals surface area contributed by atoms with Gasteiger partial charge in [-0.05, 0) is 48.9 Å². The van der Waals surface area contributed by atoms with Crippen molar-refractivity contribution in [2.75, 3.05) is 25.3 Å². The number of alkyl halides is 3. The van der Waals surface area contributed by atoms with Gasteiger partial charge in [-0.2, -0.15) is 18.2 Å². The maximum absolute atomic E-state index is 14.6. The van der Waals surface area contributed by atoms with Gasteiger partial charge >= 0.3 is 12.2 Å². The molecule has 2 aliphatic rings. The lowest BCUT2D eigenvalue weighted by Gasteiger charge is -2.43. The number of carbonyl (C=O) groups excluding carboxylic acids is 1. The minimum atomic E-state index is -4.55. The van der Waals surface area contributed by atoms with Crippen LogP contribution in [0.3, 0.4) is 0 Å². The first-order valence-corrected chi connectivity index (χ1v) is 8.49. The predicted molar refractivity (Wildman–Crippen MR) is 88.7 cm³/mol. The third kappa shape index (κ3) is 2.51. The lowest BCUT2D eigenvalue weighted by Crippen LogP contribution is -2.56. The van der Waals surface area contributed by atoms with Gasteiger partial charge in [0.25, 0.3) is 0 Å². The Morgan fingerprint density at radius 3 is 2.44 bits per heavy atom. The molecule has 0 saturated heterocycles. The number of anilines is 1. The van der Waals surface area contributed by atoms with Gasteiger partial charge in [-0.3, -0.25) is 4.84 Å². The van der Waals surface area contributed by atoms with Gasteiger partial charge in [-0.15, -0.1) is 0 Å². The molecule has 1 fully saturated rings. The monoisotopic (exact) mass is 376 g/mol. The number of hydrogen-bond acceptors (Lipinski definition) is 2. The fraction of sp³-hybridized carbons (Fsp3) is 0.588. The summed E-state index contributed by atoms with van der Waals surface area (Å²) in [4.78, 5) is 19.1. The van der Waals surface area contributed by atoms with Crippen molar-refractivity contribution in [3.8, 4) is 0 Å². The summed E-state index contributed by atoms with van der Waals surface area (Å²) in [5.74, 6) is 0. The second-order valence-corrected chi connectivity index (χ2v) is 7.34. The first kappa shape index (κ1) is 18.3. The minimum Gasteiger partial charge on any atom is -0.322 e. The molecule has 2 amide bonds. The summed E-state index contributed by atoms with van der Waals surface area (Å²) in [5.41, 5.74) is -3.08. The quantitative estimate of drug-likeness (QED) is 0.761. The van der Waals surface area contributed by atoms with Crippen LogP contribution >= 0.6 is 11.6 Å². The Hall–Kier alpha value is -1.47. The lowest BCUT2D eigenvalue weighted by atomic mass is 9.67. The van der Waals surface area contributed by atoms with Crippen molar-refractivity contribution in [2.24, 2.45) is 5.41 Å². The zero-order valence-corrected chi connectivity index (χ0v) is 15.0. The van der Waals surface area contributed by atoms with Crippen LogP contribution in [0, 0.1) is 5.41 Å². The summed E-state index contributed by atoms with van der Waals surface area (Å²) in [6.07, 6.45) is -3.66. The molecule has 0 unspecified atom stereocenters. The van der Waals surface area contributed by atoms with Crippen LogP contribution < -0.4 is 5.06 Å². The molecule has 0 spiro atoms. The van der Waals surface area contributed by atoms with Crippen LogP contribution in [0.1, 0.15) is 32.3 Å². The van der Waals surface area contributed by atoms with Gasteiger partial charge in [0.1, 0.15) is 5.41 Å². The molecule has 1 aromatic carbocycles. The third-order valence-corrected chi connectivity index (χ3v) is 5.82. The van der Waals surface area contributed by atoms with E-state index in [-0.39, 0.29) is 22.8 Å². The number of hydrogen-bond donors (Lipinski definition) is 0. The Labute approximate surface area is 149 Å². The molecule has 8 heteroatoms. The van der Waals surface area contributed by atoms with E-state index in [1.807, 2.05) is 0 Å². The number of urea groups is 1. The zero-order chi connectivity index (χ0) is 18.6. The Morgan fingerprint density at radius 2 is 1.96 bits per heavy atom. The van der Waals surface area contributed by atoms with E-state index in [1.165, 1.54) is 30.2 Å². The maximum Gasteiger partial charge on any atom is 0.400 e. The summed E-state index contributed by atoms with van der Waals surface area (Å²) in [6, 6.07) is 3.61. The molecule has 4 nitrogen and oxygen atoms in total. The number of hydroxylamine groups is 1. The third-order valence-electron chi connectivity index (χ3n) is 5.59. The number of halogens is 4.